The fraction of sp³-hybridized carbons (Fsp3) is 0.0400. The number of nitrogens with one attached hydrogen (secondary N) is 1. The highest BCUT2D eigenvalue weighted by Gasteiger charge is 2.48. The second-order valence-corrected chi connectivity index (χ2v) is 7.75. The number of ketones is 1. The molecule has 34 heavy (non-hydrogen) atoms. The van der Waals surface area contributed by atoms with Gasteiger partial charge in [0.25, 0.3) is 17.4 Å². The number of rotatable bonds is 4. The van der Waals surface area contributed by atoms with E-state index in [0.717, 1.165) is 16.5 Å². The average Bonchev–Trinajstić information content (AvgIpc) is 3.38. The van der Waals surface area contributed by atoms with Crippen molar-refractivity contribution in [1.82, 2.24) is 4.98 Å². The van der Waals surface area contributed by atoms with Crippen LogP contribution in [0.3, 0.4) is 0 Å². The van der Waals surface area contributed by atoms with Gasteiger partial charge in [0, 0.05) is 40.4 Å². The molecule has 1 aliphatic heterocycles. The summed E-state index contributed by atoms with van der Waals surface area (Å²) >= 11 is 0. The summed E-state index contributed by atoms with van der Waals surface area (Å²) in [6.07, 6.45) is 1.63. The van der Waals surface area contributed by atoms with Gasteiger partial charge in [-0.05, 0) is 18.2 Å². The van der Waals surface area contributed by atoms with Crippen LogP contribution in [-0.2, 0) is 9.59 Å². The molecule has 1 fully saturated rings. The molecule has 0 bridgehead atoms. The minimum absolute atomic E-state index is 0.0225. The number of non-ortho nitro benzene ring substituents is 1. The van der Waals surface area contributed by atoms with E-state index in [0.29, 0.717) is 10.9 Å². The maximum atomic E-state index is 13.2. The number of aromatic nitrogens is 1. The number of anilines is 1. The lowest BCUT2D eigenvalue weighted by atomic mass is 9.94. The Balaban J connectivity index is 1.80. The Morgan fingerprint density at radius 3 is 2.50 bits per heavy atom. The molecule has 0 spiro atoms. The van der Waals surface area contributed by atoms with Gasteiger partial charge in [-0.15, -0.1) is 0 Å². The number of aliphatic hydroxyl groups excluding tert-OH is 1. The smallest absolute Gasteiger partial charge is 0.300 e. The number of nitro groups is 1. The number of carbonyl (C=O) groups excluding carboxylic acids is 2. The van der Waals surface area contributed by atoms with E-state index in [4.69, 9.17) is 0 Å². The number of benzene rings is 3. The van der Waals surface area contributed by atoms with Crippen LogP contribution in [-0.4, -0.2) is 31.8 Å². The molecule has 9 nitrogen and oxygen atoms in total. The molecule has 3 N–H and O–H groups in total. The maximum absolute atomic E-state index is 13.2. The molecule has 0 saturated carbocycles. The first-order valence-corrected chi connectivity index (χ1v) is 10.3. The van der Waals surface area contributed by atoms with E-state index in [-0.39, 0.29) is 28.3 Å². The van der Waals surface area contributed by atoms with Crippen molar-refractivity contribution in [1.29, 1.82) is 0 Å². The summed E-state index contributed by atoms with van der Waals surface area (Å²) in [6.45, 7) is 0. The number of carbonyl (C=O) groups is 2. The van der Waals surface area contributed by atoms with Crippen molar-refractivity contribution in [3.05, 3.63) is 106 Å². The average molecular weight is 455 g/mol. The number of nitrogens with zero attached hydrogens (tertiary/aromatic N) is 2. The van der Waals surface area contributed by atoms with Crippen LogP contribution in [0.25, 0.3) is 16.7 Å². The van der Waals surface area contributed by atoms with Gasteiger partial charge in [0.05, 0.1) is 22.2 Å². The summed E-state index contributed by atoms with van der Waals surface area (Å²) in [7, 11) is 0. The molecule has 3 aromatic carbocycles. The van der Waals surface area contributed by atoms with E-state index < -0.39 is 28.4 Å². The van der Waals surface area contributed by atoms with Gasteiger partial charge in [-0.25, -0.2) is 0 Å². The summed E-state index contributed by atoms with van der Waals surface area (Å²) in [4.78, 5) is 41.3. The molecule has 1 aliphatic rings. The monoisotopic (exact) mass is 455 g/mol. The van der Waals surface area contributed by atoms with Crippen molar-refractivity contribution in [2.45, 2.75) is 6.04 Å². The van der Waals surface area contributed by atoms with Gasteiger partial charge in [0.2, 0.25) is 0 Å². The summed E-state index contributed by atoms with van der Waals surface area (Å²) in [6, 6.07) is 17.4. The number of aromatic hydroxyl groups is 1. The van der Waals surface area contributed by atoms with Crippen LogP contribution in [0.4, 0.5) is 11.4 Å². The van der Waals surface area contributed by atoms with Crippen LogP contribution in [0.1, 0.15) is 17.2 Å². The Kier molecular flexibility index (Phi) is 4.86. The summed E-state index contributed by atoms with van der Waals surface area (Å²) in [5.41, 5.74) is 0.870. The number of phenols is 1. The molecule has 168 valence electrons. The minimum atomic E-state index is -1.09. The van der Waals surface area contributed by atoms with Crippen LogP contribution in [0.15, 0.2) is 84.6 Å². The largest absolute Gasteiger partial charge is 0.507 e. The number of hydrogen-bond acceptors (Lipinski definition) is 6. The molecule has 9 heteroatoms. The molecule has 1 amide bonds. The van der Waals surface area contributed by atoms with Crippen LogP contribution in [0.5, 0.6) is 5.75 Å². The van der Waals surface area contributed by atoms with Gasteiger partial charge < -0.3 is 15.2 Å². The quantitative estimate of drug-likeness (QED) is 0.137. The SMILES string of the molecule is O=C1C(=O)N(c2ccccc2O)C(c2c[nH]c3ccccc23)/C1=C(\O)c1cccc([N+](=O)[O-])c1. The minimum Gasteiger partial charge on any atom is -0.507 e. The predicted molar refractivity (Wildman–Crippen MR) is 124 cm³/mol. The van der Waals surface area contributed by atoms with E-state index >= 15 is 0 Å². The lowest BCUT2D eigenvalue weighted by Crippen LogP contribution is -2.29. The molecule has 1 unspecified atom stereocenters. The van der Waals surface area contributed by atoms with Crippen LogP contribution in [0.2, 0.25) is 0 Å². The molecular weight excluding hydrogens is 438 g/mol. The Labute approximate surface area is 192 Å². The second kappa shape index (κ2) is 7.89. The summed E-state index contributed by atoms with van der Waals surface area (Å²) < 4.78 is 0. The van der Waals surface area contributed by atoms with Crippen LogP contribution < -0.4 is 4.90 Å². The van der Waals surface area contributed by atoms with Crippen LogP contribution in [0, 0.1) is 10.1 Å². The molecule has 4 aromatic rings. The molecule has 2 heterocycles. The molecule has 1 aromatic heterocycles. The second-order valence-electron chi connectivity index (χ2n) is 7.75. The highest BCUT2D eigenvalue weighted by molar-refractivity contribution is 6.52. The number of fused-ring (bicyclic) bond motifs is 1. The van der Waals surface area contributed by atoms with Crippen molar-refractivity contribution in [3.8, 4) is 5.75 Å². The number of hydrogen-bond donors (Lipinski definition) is 3. The van der Waals surface area contributed by atoms with Crippen molar-refractivity contribution in [2.75, 3.05) is 4.90 Å². The van der Waals surface area contributed by atoms with E-state index in [1.54, 1.807) is 30.5 Å². The Bertz CT molecular complexity index is 1520. The van der Waals surface area contributed by atoms with E-state index in [1.165, 1.54) is 30.3 Å². The van der Waals surface area contributed by atoms with Crippen molar-refractivity contribution in [2.24, 2.45) is 0 Å². The number of para-hydroxylation sites is 3. The zero-order chi connectivity index (χ0) is 24.0. The van der Waals surface area contributed by atoms with Gasteiger partial charge in [0.1, 0.15) is 11.5 Å². The number of H-pyrrole nitrogens is 1. The number of nitro benzene ring substituents is 1. The van der Waals surface area contributed by atoms with E-state index in [1.807, 2.05) is 12.1 Å². The molecule has 5 rings (SSSR count). The first kappa shape index (κ1) is 21.0. The van der Waals surface area contributed by atoms with Gasteiger partial charge in [0.15, 0.2) is 0 Å². The number of aliphatic hydroxyl groups is 1. The molecular formula is C25H17N3O6. The first-order valence-electron chi connectivity index (χ1n) is 10.3. The highest BCUT2D eigenvalue weighted by atomic mass is 16.6. The van der Waals surface area contributed by atoms with Crippen molar-refractivity contribution >= 4 is 39.7 Å². The van der Waals surface area contributed by atoms with Crippen molar-refractivity contribution in [3.63, 3.8) is 0 Å². The lowest BCUT2D eigenvalue weighted by molar-refractivity contribution is -0.384. The highest BCUT2D eigenvalue weighted by Crippen LogP contribution is 2.46. The first-order chi connectivity index (χ1) is 16.4. The van der Waals surface area contributed by atoms with Gasteiger partial charge in [-0.1, -0.05) is 42.5 Å². The van der Waals surface area contributed by atoms with E-state index in [9.17, 15) is 29.9 Å². The Morgan fingerprint density at radius 1 is 1.00 bits per heavy atom. The lowest BCUT2D eigenvalue weighted by Gasteiger charge is -2.25. The van der Waals surface area contributed by atoms with Gasteiger partial charge >= 0.3 is 0 Å². The third-order valence-corrected chi connectivity index (χ3v) is 5.83. The van der Waals surface area contributed by atoms with Crippen molar-refractivity contribution < 1.29 is 24.7 Å². The number of amides is 1. The zero-order valence-corrected chi connectivity index (χ0v) is 17.5. The molecule has 1 saturated heterocycles. The Morgan fingerprint density at radius 2 is 1.74 bits per heavy atom. The standard InChI is InChI=1S/C25H17N3O6/c29-20-11-4-3-10-19(20)27-22(17-13-26-18-9-2-1-8-16(17)18)21(24(31)25(27)32)23(30)14-6-5-7-15(12-14)28(33)34/h1-13,22,26,29-30H/b23-21+. The Hall–Kier alpha value is -4.92. The number of Topliss-reactive ketones (excluding diaryl/α,β-unsaturated/α-hetero) is 1. The fourth-order valence-corrected chi connectivity index (χ4v) is 4.29. The van der Waals surface area contributed by atoms with Crippen LogP contribution >= 0.6 is 0 Å². The van der Waals surface area contributed by atoms with Gasteiger partial charge in [-0.3, -0.25) is 24.6 Å². The topological polar surface area (TPSA) is 137 Å². The third kappa shape index (κ3) is 3.18. The molecule has 1 atom stereocenters. The maximum Gasteiger partial charge on any atom is 0.300 e. The van der Waals surface area contributed by atoms with E-state index in [2.05, 4.69) is 4.98 Å². The molecule has 0 aliphatic carbocycles. The summed E-state index contributed by atoms with van der Waals surface area (Å²) in [5.74, 6) is -2.67. The fourth-order valence-electron chi connectivity index (χ4n) is 4.29. The predicted octanol–water partition coefficient (Wildman–Crippen LogP) is 4.41. The summed E-state index contributed by atoms with van der Waals surface area (Å²) in [5, 5.41) is 33.6. The van der Waals surface area contributed by atoms with Gasteiger partial charge in [-0.2, -0.15) is 0 Å². The third-order valence-electron chi connectivity index (χ3n) is 5.83. The number of phenolic OH excluding ortho intramolecular Hbond substituents is 1. The zero-order valence-electron chi connectivity index (χ0n) is 17.5. The normalized spacial score (nSPS) is 17.4. The number of aromatic amines is 1. The molecule has 0 radical (unpaired) electrons.